The minimum Gasteiger partial charge on any atom is -0.397 e. The maximum atomic E-state index is 5.99. The number of hydrogen-bond donors (Lipinski definition) is 1. The lowest BCUT2D eigenvalue weighted by molar-refractivity contribution is 0.0677. The Hall–Kier alpha value is -1.05. The molecule has 0 radical (unpaired) electrons. The minimum atomic E-state index is -0.0929. The average molecular weight is 342 g/mol. The molecule has 0 saturated carbocycles. The number of anilines is 1. The van der Waals surface area contributed by atoms with Crippen LogP contribution in [0.1, 0.15) is 11.9 Å². The summed E-state index contributed by atoms with van der Waals surface area (Å²) in [7, 11) is 0. The van der Waals surface area contributed by atoms with Gasteiger partial charge in [-0.25, -0.2) is 0 Å². The molecule has 2 N–H and O–H groups in total. The van der Waals surface area contributed by atoms with Gasteiger partial charge in [0, 0.05) is 16.0 Å². The van der Waals surface area contributed by atoms with E-state index in [2.05, 4.69) is 26.1 Å². The number of hydrogen-bond acceptors (Lipinski definition) is 6. The third kappa shape index (κ3) is 2.63. The molecule has 1 atom stereocenters. The number of para-hydroxylation sites is 1. The molecule has 1 aliphatic rings. The zero-order valence-electron chi connectivity index (χ0n) is 10.0. The highest BCUT2D eigenvalue weighted by molar-refractivity contribution is 9.10. The van der Waals surface area contributed by atoms with Crippen molar-refractivity contribution in [3.8, 4) is 11.5 Å². The van der Waals surface area contributed by atoms with E-state index in [-0.39, 0.29) is 6.10 Å². The van der Waals surface area contributed by atoms with Crippen molar-refractivity contribution < 1.29 is 9.26 Å². The zero-order chi connectivity index (χ0) is 13.2. The Morgan fingerprint density at radius 3 is 3.11 bits per heavy atom. The molecule has 100 valence electrons. The van der Waals surface area contributed by atoms with Gasteiger partial charge in [0.15, 0.2) is 0 Å². The van der Waals surface area contributed by atoms with Gasteiger partial charge in [-0.1, -0.05) is 11.2 Å². The second kappa shape index (κ2) is 5.52. The Balaban J connectivity index is 1.90. The van der Waals surface area contributed by atoms with E-state index in [4.69, 9.17) is 15.0 Å². The van der Waals surface area contributed by atoms with Crippen molar-refractivity contribution in [3.63, 3.8) is 0 Å². The fourth-order valence-corrected chi connectivity index (χ4v) is 3.04. The van der Waals surface area contributed by atoms with Gasteiger partial charge in [-0.2, -0.15) is 16.7 Å². The summed E-state index contributed by atoms with van der Waals surface area (Å²) in [5.74, 6) is 2.88. The molecule has 1 unspecified atom stereocenters. The monoisotopic (exact) mass is 341 g/mol. The summed E-state index contributed by atoms with van der Waals surface area (Å²) >= 11 is 5.21. The molecule has 1 fully saturated rings. The van der Waals surface area contributed by atoms with Crippen molar-refractivity contribution >= 4 is 33.4 Å². The SMILES string of the molecule is Nc1c(Br)cccc1-c1nc(C2CSCCO2)no1. The first-order valence-electron chi connectivity index (χ1n) is 5.83. The smallest absolute Gasteiger partial charge is 0.260 e. The van der Waals surface area contributed by atoms with E-state index < -0.39 is 0 Å². The maximum Gasteiger partial charge on any atom is 0.260 e. The highest BCUT2D eigenvalue weighted by atomic mass is 79.9. The van der Waals surface area contributed by atoms with E-state index in [0.717, 1.165) is 28.1 Å². The van der Waals surface area contributed by atoms with Crippen molar-refractivity contribution in [1.82, 2.24) is 10.1 Å². The van der Waals surface area contributed by atoms with Gasteiger partial charge in [-0.05, 0) is 28.1 Å². The summed E-state index contributed by atoms with van der Waals surface area (Å²) in [5, 5.41) is 3.99. The number of rotatable bonds is 2. The number of nitrogens with zero attached hydrogens (tertiary/aromatic N) is 2. The fourth-order valence-electron chi connectivity index (χ4n) is 1.84. The van der Waals surface area contributed by atoms with Crippen LogP contribution in [-0.2, 0) is 4.74 Å². The number of nitrogens with two attached hydrogens (primary N) is 1. The van der Waals surface area contributed by atoms with Gasteiger partial charge in [0.1, 0.15) is 6.10 Å². The first-order valence-corrected chi connectivity index (χ1v) is 7.78. The zero-order valence-corrected chi connectivity index (χ0v) is 12.4. The van der Waals surface area contributed by atoms with Crippen molar-refractivity contribution in [2.75, 3.05) is 23.8 Å². The lowest BCUT2D eigenvalue weighted by Crippen LogP contribution is -2.16. The van der Waals surface area contributed by atoms with Crippen LogP contribution >= 0.6 is 27.7 Å². The first-order chi connectivity index (χ1) is 9.25. The first kappa shape index (κ1) is 13.0. The average Bonchev–Trinajstić information content (AvgIpc) is 2.92. The quantitative estimate of drug-likeness (QED) is 0.846. The molecule has 1 aliphatic heterocycles. The van der Waals surface area contributed by atoms with Gasteiger partial charge in [-0.15, -0.1) is 0 Å². The molecule has 1 saturated heterocycles. The third-order valence-corrected chi connectivity index (χ3v) is 4.51. The Morgan fingerprint density at radius 1 is 1.42 bits per heavy atom. The van der Waals surface area contributed by atoms with Crippen molar-refractivity contribution in [2.24, 2.45) is 0 Å². The summed E-state index contributed by atoms with van der Waals surface area (Å²) in [6, 6.07) is 5.61. The number of aromatic nitrogens is 2. The van der Waals surface area contributed by atoms with Crippen LogP contribution in [-0.4, -0.2) is 28.3 Å². The number of benzene rings is 1. The van der Waals surface area contributed by atoms with Crippen LogP contribution in [0.5, 0.6) is 0 Å². The van der Waals surface area contributed by atoms with E-state index in [1.807, 2.05) is 30.0 Å². The van der Waals surface area contributed by atoms with Crippen LogP contribution in [0.25, 0.3) is 11.5 Å². The van der Waals surface area contributed by atoms with Gasteiger partial charge in [0.2, 0.25) is 5.82 Å². The molecule has 2 aromatic rings. The maximum absolute atomic E-state index is 5.99. The molecule has 0 aliphatic carbocycles. The van der Waals surface area contributed by atoms with Gasteiger partial charge in [0.05, 0.1) is 17.9 Å². The molecule has 0 spiro atoms. The summed E-state index contributed by atoms with van der Waals surface area (Å²) in [4.78, 5) is 4.39. The van der Waals surface area contributed by atoms with Gasteiger partial charge < -0.3 is 15.0 Å². The Morgan fingerprint density at radius 2 is 2.32 bits per heavy atom. The van der Waals surface area contributed by atoms with Crippen LogP contribution in [0.3, 0.4) is 0 Å². The number of thioether (sulfide) groups is 1. The van der Waals surface area contributed by atoms with E-state index in [9.17, 15) is 0 Å². The number of halogens is 1. The topological polar surface area (TPSA) is 74.2 Å². The van der Waals surface area contributed by atoms with Crippen LogP contribution in [0.15, 0.2) is 27.2 Å². The molecule has 2 heterocycles. The van der Waals surface area contributed by atoms with Crippen molar-refractivity contribution in [2.45, 2.75) is 6.10 Å². The van der Waals surface area contributed by atoms with E-state index in [0.29, 0.717) is 17.4 Å². The van der Waals surface area contributed by atoms with Gasteiger partial charge in [-0.3, -0.25) is 0 Å². The molecule has 3 rings (SSSR count). The van der Waals surface area contributed by atoms with Gasteiger partial charge in [0.25, 0.3) is 5.89 Å². The standard InChI is InChI=1S/C12H12BrN3O2S/c13-8-3-1-2-7(10(8)14)12-15-11(16-18-12)9-6-19-5-4-17-9/h1-3,9H,4-6,14H2. The predicted octanol–water partition coefficient (Wildman–Crippen LogP) is 2.89. The van der Waals surface area contributed by atoms with Crippen molar-refractivity contribution in [1.29, 1.82) is 0 Å². The van der Waals surface area contributed by atoms with Crippen LogP contribution in [0.2, 0.25) is 0 Å². The highest BCUT2D eigenvalue weighted by Gasteiger charge is 2.23. The number of nitrogen functional groups attached to an aromatic ring is 1. The van der Waals surface area contributed by atoms with Crippen LogP contribution in [0.4, 0.5) is 5.69 Å². The second-order valence-electron chi connectivity index (χ2n) is 4.09. The van der Waals surface area contributed by atoms with Gasteiger partial charge >= 0.3 is 0 Å². The Labute approximate surface area is 123 Å². The molecule has 5 nitrogen and oxygen atoms in total. The molecular weight excluding hydrogens is 330 g/mol. The van der Waals surface area contributed by atoms with E-state index >= 15 is 0 Å². The Kier molecular flexibility index (Phi) is 3.76. The predicted molar refractivity (Wildman–Crippen MR) is 77.9 cm³/mol. The molecule has 1 aromatic heterocycles. The fraction of sp³-hybridized carbons (Fsp3) is 0.333. The summed E-state index contributed by atoms with van der Waals surface area (Å²) in [6.07, 6.45) is -0.0929. The lowest BCUT2D eigenvalue weighted by Gasteiger charge is -2.18. The molecule has 1 aromatic carbocycles. The Bertz CT molecular complexity index is 584. The third-order valence-electron chi connectivity index (χ3n) is 2.83. The molecular formula is C12H12BrN3O2S. The van der Waals surface area contributed by atoms with E-state index in [1.165, 1.54) is 0 Å². The number of ether oxygens (including phenoxy) is 1. The molecule has 7 heteroatoms. The largest absolute Gasteiger partial charge is 0.397 e. The minimum absolute atomic E-state index is 0.0929. The van der Waals surface area contributed by atoms with Crippen molar-refractivity contribution in [3.05, 3.63) is 28.5 Å². The molecule has 19 heavy (non-hydrogen) atoms. The van der Waals surface area contributed by atoms with Crippen LogP contribution in [0, 0.1) is 0 Å². The summed E-state index contributed by atoms with van der Waals surface area (Å²) in [6.45, 7) is 0.720. The second-order valence-corrected chi connectivity index (χ2v) is 6.10. The van der Waals surface area contributed by atoms with Crippen LogP contribution < -0.4 is 5.73 Å². The normalized spacial score (nSPS) is 19.5. The molecule has 0 bridgehead atoms. The molecule has 0 amide bonds. The van der Waals surface area contributed by atoms with E-state index in [1.54, 1.807) is 0 Å². The summed E-state index contributed by atoms with van der Waals surface area (Å²) < 4.78 is 11.7. The highest BCUT2D eigenvalue weighted by Crippen LogP contribution is 2.32. The lowest BCUT2D eigenvalue weighted by atomic mass is 10.2. The summed E-state index contributed by atoms with van der Waals surface area (Å²) in [5.41, 5.74) is 7.32.